The average molecular weight is 309 g/mol. The monoisotopic (exact) mass is 308 g/mol. The highest BCUT2D eigenvalue weighted by Crippen LogP contribution is 2.20. The Hall–Kier alpha value is -1.58. The van der Waals surface area contributed by atoms with E-state index in [0.29, 0.717) is 13.2 Å². The first kappa shape index (κ1) is 15.8. The molecular formula is C17H18ClFO2. The number of ether oxygens (including phenoxy) is 2. The van der Waals surface area contributed by atoms with Gasteiger partial charge < -0.3 is 9.47 Å². The quantitative estimate of drug-likeness (QED) is 0.677. The summed E-state index contributed by atoms with van der Waals surface area (Å²) in [4.78, 5) is 0. The number of benzene rings is 2. The second-order valence-electron chi connectivity index (χ2n) is 4.56. The molecule has 0 saturated heterocycles. The summed E-state index contributed by atoms with van der Waals surface area (Å²) >= 11 is 6.15. The fourth-order valence-electron chi connectivity index (χ4n) is 1.94. The molecule has 0 spiro atoms. The van der Waals surface area contributed by atoms with Crippen molar-refractivity contribution in [2.45, 2.75) is 6.42 Å². The molecule has 0 fully saturated rings. The van der Waals surface area contributed by atoms with Gasteiger partial charge in [0.1, 0.15) is 19.0 Å². The van der Waals surface area contributed by atoms with Crippen LogP contribution in [0.3, 0.4) is 0 Å². The Morgan fingerprint density at radius 3 is 2.38 bits per heavy atom. The molecule has 0 bridgehead atoms. The highest BCUT2D eigenvalue weighted by molar-refractivity contribution is 6.31. The molecule has 0 N–H and O–H groups in total. The van der Waals surface area contributed by atoms with Crippen molar-refractivity contribution in [1.29, 1.82) is 0 Å². The van der Waals surface area contributed by atoms with Crippen LogP contribution >= 0.6 is 11.6 Å². The van der Waals surface area contributed by atoms with Crippen molar-refractivity contribution in [3.05, 3.63) is 64.7 Å². The molecule has 0 atom stereocenters. The van der Waals surface area contributed by atoms with E-state index in [0.717, 1.165) is 22.8 Å². The van der Waals surface area contributed by atoms with Crippen LogP contribution in [0.15, 0.2) is 48.5 Å². The summed E-state index contributed by atoms with van der Waals surface area (Å²) in [6.45, 7) is 0.478. The van der Waals surface area contributed by atoms with E-state index in [1.807, 2.05) is 48.5 Å². The van der Waals surface area contributed by atoms with Gasteiger partial charge in [-0.25, -0.2) is 4.39 Å². The summed E-state index contributed by atoms with van der Waals surface area (Å²) in [5.41, 5.74) is 2.27. The summed E-state index contributed by atoms with van der Waals surface area (Å²) in [7, 11) is 0. The molecule has 2 aromatic rings. The lowest BCUT2D eigenvalue weighted by Crippen LogP contribution is -2.08. The van der Waals surface area contributed by atoms with Gasteiger partial charge >= 0.3 is 0 Å². The molecule has 0 aliphatic heterocycles. The molecule has 0 heterocycles. The number of rotatable bonds is 8. The van der Waals surface area contributed by atoms with E-state index in [1.54, 1.807) is 0 Å². The van der Waals surface area contributed by atoms with Crippen LogP contribution in [0.1, 0.15) is 11.1 Å². The van der Waals surface area contributed by atoms with E-state index in [-0.39, 0.29) is 6.61 Å². The molecule has 4 heteroatoms. The Kier molecular flexibility index (Phi) is 6.51. The van der Waals surface area contributed by atoms with Crippen LogP contribution in [0.2, 0.25) is 5.02 Å². The van der Waals surface area contributed by atoms with Crippen molar-refractivity contribution in [2.75, 3.05) is 26.5 Å². The van der Waals surface area contributed by atoms with Gasteiger partial charge in [0.2, 0.25) is 0 Å². The molecule has 0 radical (unpaired) electrons. The minimum absolute atomic E-state index is 0.125. The maximum absolute atomic E-state index is 11.8. The minimum Gasteiger partial charge on any atom is -0.491 e. The number of hydrogen-bond acceptors (Lipinski definition) is 2. The smallest absolute Gasteiger partial charge is 0.119 e. The van der Waals surface area contributed by atoms with Gasteiger partial charge in [-0.2, -0.15) is 0 Å². The van der Waals surface area contributed by atoms with E-state index in [2.05, 4.69) is 0 Å². The van der Waals surface area contributed by atoms with Gasteiger partial charge in [0.15, 0.2) is 0 Å². The van der Waals surface area contributed by atoms with E-state index in [1.165, 1.54) is 5.56 Å². The molecule has 0 unspecified atom stereocenters. The van der Waals surface area contributed by atoms with E-state index in [9.17, 15) is 4.39 Å². The highest BCUT2D eigenvalue weighted by Gasteiger charge is 2.01. The lowest BCUT2D eigenvalue weighted by molar-refractivity contribution is 0.0897. The molecule has 0 amide bonds. The zero-order chi connectivity index (χ0) is 14.9. The summed E-state index contributed by atoms with van der Waals surface area (Å²) < 4.78 is 22.3. The molecule has 112 valence electrons. The summed E-state index contributed by atoms with van der Waals surface area (Å²) in [5.74, 6) is 0.779. The standard InChI is InChI=1S/C17H18ClFO2/c18-17-4-2-1-3-15(17)13-14-5-7-16(8-6-14)21-12-11-20-10-9-19/h1-8H,9-13H2. The number of alkyl halides is 1. The number of hydrogen-bond donors (Lipinski definition) is 0. The molecule has 2 aromatic carbocycles. The van der Waals surface area contributed by atoms with Crippen LogP contribution in [0, 0.1) is 0 Å². The Balaban J connectivity index is 1.83. The molecule has 0 aliphatic rings. The lowest BCUT2D eigenvalue weighted by Gasteiger charge is -2.08. The Morgan fingerprint density at radius 2 is 1.67 bits per heavy atom. The lowest BCUT2D eigenvalue weighted by atomic mass is 10.1. The minimum atomic E-state index is -0.462. The molecular weight excluding hydrogens is 291 g/mol. The van der Waals surface area contributed by atoms with Crippen molar-refractivity contribution in [3.8, 4) is 5.75 Å². The third kappa shape index (κ3) is 5.37. The molecule has 0 saturated carbocycles. The van der Waals surface area contributed by atoms with Crippen LogP contribution in [0.25, 0.3) is 0 Å². The average Bonchev–Trinajstić information content (AvgIpc) is 2.51. The fourth-order valence-corrected chi connectivity index (χ4v) is 2.14. The second-order valence-corrected chi connectivity index (χ2v) is 4.97. The summed E-state index contributed by atoms with van der Waals surface area (Å²) in [6, 6.07) is 15.7. The van der Waals surface area contributed by atoms with Crippen LogP contribution < -0.4 is 4.74 Å². The summed E-state index contributed by atoms with van der Waals surface area (Å²) in [5, 5.41) is 0.780. The first-order chi connectivity index (χ1) is 10.3. The van der Waals surface area contributed by atoms with Gasteiger partial charge in [-0.3, -0.25) is 0 Å². The van der Waals surface area contributed by atoms with Gasteiger partial charge in [0, 0.05) is 5.02 Å². The SMILES string of the molecule is FCCOCCOc1ccc(Cc2ccccc2Cl)cc1. The molecule has 21 heavy (non-hydrogen) atoms. The molecule has 2 nitrogen and oxygen atoms in total. The van der Waals surface area contributed by atoms with Crippen LogP contribution in [0.5, 0.6) is 5.75 Å². The fraction of sp³-hybridized carbons (Fsp3) is 0.294. The molecule has 2 rings (SSSR count). The normalized spacial score (nSPS) is 10.6. The third-order valence-corrected chi connectivity index (χ3v) is 3.36. The van der Waals surface area contributed by atoms with Gasteiger partial charge in [-0.1, -0.05) is 41.9 Å². The van der Waals surface area contributed by atoms with Crippen LogP contribution in [0.4, 0.5) is 4.39 Å². The topological polar surface area (TPSA) is 18.5 Å². The van der Waals surface area contributed by atoms with Crippen molar-refractivity contribution in [2.24, 2.45) is 0 Å². The Bertz CT molecular complexity index is 543. The van der Waals surface area contributed by atoms with E-state index in [4.69, 9.17) is 21.1 Å². The predicted molar refractivity (Wildman–Crippen MR) is 83.0 cm³/mol. The highest BCUT2D eigenvalue weighted by atomic mass is 35.5. The Morgan fingerprint density at radius 1 is 0.905 bits per heavy atom. The van der Waals surface area contributed by atoms with Gasteiger partial charge in [0.25, 0.3) is 0 Å². The maximum Gasteiger partial charge on any atom is 0.119 e. The second kappa shape index (κ2) is 8.65. The summed E-state index contributed by atoms with van der Waals surface area (Å²) in [6.07, 6.45) is 0.791. The van der Waals surface area contributed by atoms with Crippen molar-refractivity contribution in [1.82, 2.24) is 0 Å². The van der Waals surface area contributed by atoms with E-state index < -0.39 is 6.67 Å². The first-order valence-corrected chi connectivity index (χ1v) is 7.26. The largest absolute Gasteiger partial charge is 0.491 e. The predicted octanol–water partition coefficient (Wildman–Crippen LogP) is 4.30. The van der Waals surface area contributed by atoms with Gasteiger partial charge in [-0.15, -0.1) is 0 Å². The Labute approximate surface area is 129 Å². The van der Waals surface area contributed by atoms with Gasteiger partial charge in [0.05, 0.1) is 13.2 Å². The van der Waals surface area contributed by atoms with Crippen molar-refractivity contribution in [3.63, 3.8) is 0 Å². The van der Waals surface area contributed by atoms with Crippen LogP contribution in [-0.2, 0) is 11.2 Å². The van der Waals surface area contributed by atoms with Crippen LogP contribution in [-0.4, -0.2) is 26.5 Å². The van der Waals surface area contributed by atoms with Crippen molar-refractivity contribution < 1.29 is 13.9 Å². The maximum atomic E-state index is 11.8. The van der Waals surface area contributed by atoms with E-state index >= 15 is 0 Å². The third-order valence-electron chi connectivity index (χ3n) is 2.99. The zero-order valence-electron chi connectivity index (χ0n) is 11.7. The first-order valence-electron chi connectivity index (χ1n) is 6.88. The molecule has 0 aliphatic carbocycles. The molecule has 0 aromatic heterocycles. The number of halogens is 2. The van der Waals surface area contributed by atoms with Crippen molar-refractivity contribution >= 4 is 11.6 Å². The zero-order valence-corrected chi connectivity index (χ0v) is 12.5. The van der Waals surface area contributed by atoms with Gasteiger partial charge in [-0.05, 0) is 35.7 Å².